The van der Waals surface area contributed by atoms with Crippen LogP contribution in [0.1, 0.15) is 12.5 Å². The van der Waals surface area contributed by atoms with Crippen molar-refractivity contribution < 1.29 is 32.3 Å². The number of carbonyl (C=O) groups excluding carboxylic acids is 3. The number of carbonyl (C=O) groups is 3. The van der Waals surface area contributed by atoms with E-state index >= 15 is 0 Å². The van der Waals surface area contributed by atoms with Crippen LogP contribution >= 0.6 is 0 Å². The lowest BCUT2D eigenvalue weighted by atomic mass is 9.92. The van der Waals surface area contributed by atoms with Crippen LogP contribution in [0.3, 0.4) is 0 Å². The van der Waals surface area contributed by atoms with Gasteiger partial charge >= 0.3 is 12.4 Å². The lowest BCUT2D eigenvalue weighted by Gasteiger charge is -2.25. The SMILES string of the molecule is C=CCN(C(=O)CN1C(=O)NC(C)(c2ccc(OC(F)(F)F)cc2)C1=O)c1ccccc1. The average Bonchev–Trinajstić information content (AvgIpc) is 2.95. The van der Waals surface area contributed by atoms with Crippen molar-refractivity contribution in [2.24, 2.45) is 0 Å². The number of alkyl halides is 3. The summed E-state index contributed by atoms with van der Waals surface area (Å²) >= 11 is 0. The largest absolute Gasteiger partial charge is 0.573 e. The first-order valence-electron chi connectivity index (χ1n) is 9.52. The third-order valence-electron chi connectivity index (χ3n) is 4.91. The van der Waals surface area contributed by atoms with Gasteiger partial charge in [0, 0.05) is 12.2 Å². The van der Waals surface area contributed by atoms with Gasteiger partial charge in [0.05, 0.1) is 0 Å². The zero-order chi connectivity index (χ0) is 23.5. The monoisotopic (exact) mass is 447 g/mol. The Kier molecular flexibility index (Phi) is 6.24. The van der Waals surface area contributed by atoms with Gasteiger partial charge in [-0.2, -0.15) is 0 Å². The van der Waals surface area contributed by atoms with Crippen molar-refractivity contribution in [3.63, 3.8) is 0 Å². The Morgan fingerprint density at radius 3 is 2.34 bits per heavy atom. The van der Waals surface area contributed by atoms with E-state index in [1.165, 1.54) is 30.0 Å². The number of nitrogens with zero attached hydrogens (tertiary/aromatic N) is 2. The molecule has 1 fully saturated rings. The first-order chi connectivity index (χ1) is 15.0. The molecule has 1 N–H and O–H groups in total. The number of hydrogen-bond donors (Lipinski definition) is 1. The zero-order valence-electron chi connectivity index (χ0n) is 17.1. The highest BCUT2D eigenvalue weighted by molar-refractivity contribution is 6.10. The van der Waals surface area contributed by atoms with Gasteiger partial charge in [-0.05, 0) is 36.8 Å². The summed E-state index contributed by atoms with van der Waals surface area (Å²) in [6.45, 7) is 4.70. The fourth-order valence-corrected chi connectivity index (χ4v) is 3.34. The Labute approximate surface area is 182 Å². The standard InChI is InChI=1S/C22H20F3N3O4/c1-3-13-27(16-7-5-4-6-8-16)18(29)14-28-19(30)21(2,26-20(28)31)15-9-11-17(12-10-15)32-22(23,24)25/h3-12H,1,13-14H2,2H3,(H,26,31). The summed E-state index contributed by atoms with van der Waals surface area (Å²) in [5, 5.41) is 2.51. The summed E-state index contributed by atoms with van der Waals surface area (Å²) in [5.74, 6) is -1.67. The van der Waals surface area contributed by atoms with E-state index in [1.54, 1.807) is 30.3 Å². The van der Waals surface area contributed by atoms with Crippen molar-refractivity contribution in [3.8, 4) is 5.75 Å². The number of benzene rings is 2. The molecule has 0 bridgehead atoms. The second-order valence-electron chi connectivity index (χ2n) is 7.15. The molecule has 32 heavy (non-hydrogen) atoms. The summed E-state index contributed by atoms with van der Waals surface area (Å²) < 4.78 is 40.9. The number of imide groups is 1. The van der Waals surface area contributed by atoms with Gasteiger partial charge in [-0.15, -0.1) is 19.8 Å². The molecular formula is C22H20F3N3O4. The van der Waals surface area contributed by atoms with E-state index in [9.17, 15) is 27.6 Å². The van der Waals surface area contributed by atoms with Gasteiger partial charge in [0.25, 0.3) is 5.91 Å². The minimum atomic E-state index is -4.85. The lowest BCUT2D eigenvalue weighted by molar-refractivity contribution is -0.274. The highest BCUT2D eigenvalue weighted by atomic mass is 19.4. The van der Waals surface area contributed by atoms with Crippen LogP contribution in [0.25, 0.3) is 0 Å². The fourth-order valence-electron chi connectivity index (χ4n) is 3.34. The highest BCUT2D eigenvalue weighted by Crippen LogP contribution is 2.31. The molecular weight excluding hydrogens is 427 g/mol. The second-order valence-corrected chi connectivity index (χ2v) is 7.15. The van der Waals surface area contributed by atoms with E-state index in [-0.39, 0.29) is 12.1 Å². The maximum atomic E-state index is 13.0. The Balaban J connectivity index is 1.79. The van der Waals surface area contributed by atoms with Gasteiger partial charge in [-0.3, -0.25) is 14.5 Å². The molecule has 0 spiro atoms. The maximum absolute atomic E-state index is 13.0. The number of halogens is 3. The van der Waals surface area contributed by atoms with Crippen molar-refractivity contribution in [1.29, 1.82) is 0 Å². The first-order valence-corrected chi connectivity index (χ1v) is 9.52. The van der Waals surface area contributed by atoms with Crippen molar-refractivity contribution in [1.82, 2.24) is 10.2 Å². The van der Waals surface area contributed by atoms with Crippen LogP contribution in [0, 0.1) is 0 Å². The van der Waals surface area contributed by atoms with Crippen LogP contribution < -0.4 is 15.0 Å². The van der Waals surface area contributed by atoms with Gasteiger partial charge in [-0.25, -0.2) is 4.79 Å². The van der Waals surface area contributed by atoms with E-state index in [2.05, 4.69) is 16.6 Å². The van der Waals surface area contributed by atoms with Crippen LogP contribution in [0.15, 0.2) is 67.3 Å². The fraction of sp³-hybridized carbons (Fsp3) is 0.227. The summed E-state index contributed by atoms with van der Waals surface area (Å²) in [7, 11) is 0. The molecule has 0 aliphatic carbocycles. The topological polar surface area (TPSA) is 79.0 Å². The van der Waals surface area contributed by atoms with Crippen molar-refractivity contribution in [3.05, 3.63) is 72.8 Å². The summed E-state index contributed by atoms with van der Waals surface area (Å²) in [4.78, 5) is 40.6. The lowest BCUT2D eigenvalue weighted by Crippen LogP contribution is -2.44. The molecule has 1 atom stereocenters. The molecule has 1 unspecified atom stereocenters. The third kappa shape index (κ3) is 4.74. The molecule has 2 aromatic rings. The zero-order valence-corrected chi connectivity index (χ0v) is 17.1. The number of anilines is 1. The second kappa shape index (κ2) is 8.74. The minimum absolute atomic E-state index is 0.171. The number of nitrogens with one attached hydrogen (secondary N) is 1. The smallest absolute Gasteiger partial charge is 0.406 e. The molecule has 4 amide bonds. The molecule has 10 heteroatoms. The quantitative estimate of drug-likeness (QED) is 0.520. The average molecular weight is 447 g/mol. The number of hydrogen-bond acceptors (Lipinski definition) is 4. The molecule has 1 aliphatic rings. The van der Waals surface area contributed by atoms with Crippen LogP contribution in [-0.4, -0.2) is 42.2 Å². The normalized spacial score (nSPS) is 18.3. The van der Waals surface area contributed by atoms with Gasteiger partial charge < -0.3 is 15.0 Å². The van der Waals surface area contributed by atoms with Crippen molar-refractivity contribution >= 4 is 23.5 Å². The van der Waals surface area contributed by atoms with Crippen LogP contribution in [0.4, 0.5) is 23.7 Å². The number of rotatable bonds is 7. The molecule has 0 aromatic heterocycles. The highest BCUT2D eigenvalue weighted by Gasteiger charge is 2.49. The van der Waals surface area contributed by atoms with Crippen LogP contribution in [0.5, 0.6) is 5.75 Å². The molecule has 1 aliphatic heterocycles. The van der Waals surface area contributed by atoms with Gasteiger partial charge in [0.1, 0.15) is 17.8 Å². The molecule has 2 aromatic carbocycles. The molecule has 3 rings (SSSR count). The summed E-state index contributed by atoms with van der Waals surface area (Å²) in [6, 6.07) is 12.5. The van der Waals surface area contributed by atoms with E-state index in [4.69, 9.17) is 0 Å². The van der Waals surface area contributed by atoms with E-state index in [0.717, 1.165) is 17.0 Å². The van der Waals surface area contributed by atoms with Gasteiger partial charge in [0.2, 0.25) is 5.91 Å². The first kappa shape index (κ1) is 22.9. The van der Waals surface area contributed by atoms with Gasteiger partial charge in [-0.1, -0.05) is 36.4 Å². The van der Waals surface area contributed by atoms with Crippen LogP contribution in [0.2, 0.25) is 0 Å². The third-order valence-corrected chi connectivity index (χ3v) is 4.91. The number of para-hydroxylation sites is 1. The van der Waals surface area contributed by atoms with Crippen molar-refractivity contribution in [2.75, 3.05) is 18.0 Å². The predicted octanol–water partition coefficient (Wildman–Crippen LogP) is 3.57. The maximum Gasteiger partial charge on any atom is 0.573 e. The van der Waals surface area contributed by atoms with E-state index in [1.807, 2.05) is 0 Å². The Morgan fingerprint density at radius 2 is 1.78 bits per heavy atom. The molecule has 0 saturated carbocycles. The molecule has 7 nitrogen and oxygen atoms in total. The Bertz CT molecular complexity index is 1020. The predicted molar refractivity (Wildman–Crippen MR) is 110 cm³/mol. The van der Waals surface area contributed by atoms with E-state index < -0.39 is 42.0 Å². The number of urea groups is 1. The number of amides is 4. The molecule has 0 radical (unpaired) electrons. The summed E-state index contributed by atoms with van der Waals surface area (Å²) in [5.41, 5.74) is -0.733. The molecule has 168 valence electrons. The Hall–Kier alpha value is -3.82. The summed E-state index contributed by atoms with van der Waals surface area (Å²) in [6.07, 6.45) is -3.33. The minimum Gasteiger partial charge on any atom is -0.406 e. The molecule has 1 saturated heterocycles. The van der Waals surface area contributed by atoms with Crippen LogP contribution in [-0.2, 0) is 15.1 Å². The Morgan fingerprint density at radius 1 is 1.16 bits per heavy atom. The van der Waals surface area contributed by atoms with Crippen molar-refractivity contribution in [2.45, 2.75) is 18.8 Å². The number of ether oxygens (including phenoxy) is 1. The van der Waals surface area contributed by atoms with Gasteiger partial charge in [0.15, 0.2) is 0 Å². The molecule has 1 heterocycles. The van der Waals surface area contributed by atoms with E-state index in [0.29, 0.717) is 5.69 Å².